The minimum atomic E-state index is -0.698. The smallest absolute Gasteiger partial charge is 0.156 e. The number of ketones is 1. The Bertz CT molecular complexity index is 624. The zero-order valence-electron chi connectivity index (χ0n) is 13.8. The second kappa shape index (κ2) is 4.23. The standard InChI is InChI=1S/C20H26O2/c1-18-9-6-14(21)12-13(18)4-5-15-16(18)7-10-19(2)17(15)8-11-20(19,3)22/h4-5,8,11-12,15-17,22H,6-7,9-10H2,1-3H3/t15-,16+,17+,18+,19+,20+/m1/s1. The van der Waals surface area contributed by atoms with Crippen molar-refractivity contribution in [3.8, 4) is 0 Å². The van der Waals surface area contributed by atoms with E-state index < -0.39 is 5.60 Å². The summed E-state index contributed by atoms with van der Waals surface area (Å²) in [5.74, 6) is 1.77. The van der Waals surface area contributed by atoms with E-state index in [1.807, 2.05) is 19.1 Å². The molecule has 1 N–H and O–H groups in total. The van der Waals surface area contributed by atoms with Crippen LogP contribution in [0, 0.1) is 28.6 Å². The number of carbonyl (C=O) groups excluding carboxylic acids is 1. The number of hydrogen-bond acceptors (Lipinski definition) is 2. The van der Waals surface area contributed by atoms with Crippen LogP contribution < -0.4 is 0 Å². The van der Waals surface area contributed by atoms with Crippen molar-refractivity contribution in [3.63, 3.8) is 0 Å². The van der Waals surface area contributed by atoms with Crippen molar-refractivity contribution in [2.75, 3.05) is 0 Å². The highest BCUT2D eigenvalue weighted by atomic mass is 16.3. The molecule has 0 aromatic heterocycles. The largest absolute Gasteiger partial charge is 0.385 e. The molecule has 0 spiro atoms. The first-order valence-corrected chi connectivity index (χ1v) is 8.63. The molecule has 0 unspecified atom stereocenters. The van der Waals surface area contributed by atoms with Gasteiger partial charge in [-0.05, 0) is 61.0 Å². The van der Waals surface area contributed by atoms with Gasteiger partial charge in [-0.1, -0.05) is 38.2 Å². The van der Waals surface area contributed by atoms with Crippen molar-refractivity contribution in [2.24, 2.45) is 28.6 Å². The fourth-order valence-electron chi connectivity index (χ4n) is 5.69. The van der Waals surface area contributed by atoms with Gasteiger partial charge in [0.2, 0.25) is 0 Å². The average Bonchev–Trinajstić information content (AvgIpc) is 2.70. The second-order valence-electron chi connectivity index (χ2n) is 8.51. The van der Waals surface area contributed by atoms with Gasteiger partial charge in [-0.2, -0.15) is 0 Å². The lowest BCUT2D eigenvalue weighted by atomic mass is 9.48. The van der Waals surface area contributed by atoms with Gasteiger partial charge in [0.1, 0.15) is 0 Å². The van der Waals surface area contributed by atoms with E-state index in [1.165, 1.54) is 5.57 Å². The highest BCUT2D eigenvalue weighted by Gasteiger charge is 2.59. The predicted octanol–water partition coefficient (Wildman–Crippen LogP) is 3.82. The molecule has 4 rings (SSSR count). The molecule has 0 saturated heterocycles. The van der Waals surface area contributed by atoms with Gasteiger partial charge in [0.25, 0.3) is 0 Å². The molecule has 0 aliphatic heterocycles. The van der Waals surface area contributed by atoms with Gasteiger partial charge in [-0.15, -0.1) is 0 Å². The summed E-state index contributed by atoms with van der Waals surface area (Å²) in [6.45, 7) is 6.56. The van der Waals surface area contributed by atoms with Gasteiger partial charge in [0.05, 0.1) is 5.60 Å². The number of carbonyl (C=O) groups is 1. The van der Waals surface area contributed by atoms with E-state index in [2.05, 4.69) is 32.1 Å². The fraction of sp³-hybridized carbons (Fsp3) is 0.650. The van der Waals surface area contributed by atoms with Gasteiger partial charge < -0.3 is 5.11 Å². The van der Waals surface area contributed by atoms with E-state index in [4.69, 9.17) is 0 Å². The highest BCUT2D eigenvalue weighted by molar-refractivity contribution is 5.92. The summed E-state index contributed by atoms with van der Waals surface area (Å²) in [5.41, 5.74) is 0.621. The summed E-state index contributed by atoms with van der Waals surface area (Å²) in [6.07, 6.45) is 14.5. The molecule has 1 fully saturated rings. The number of hydrogen-bond donors (Lipinski definition) is 1. The molecule has 1 saturated carbocycles. The molecule has 6 atom stereocenters. The minimum Gasteiger partial charge on any atom is -0.385 e. The van der Waals surface area contributed by atoms with E-state index in [0.717, 1.165) is 19.3 Å². The quantitative estimate of drug-likeness (QED) is 0.690. The molecule has 0 amide bonds. The van der Waals surface area contributed by atoms with Crippen LogP contribution in [-0.4, -0.2) is 16.5 Å². The van der Waals surface area contributed by atoms with Gasteiger partial charge in [-0.3, -0.25) is 4.79 Å². The molecule has 0 bridgehead atoms. The number of rotatable bonds is 0. The maximum atomic E-state index is 11.8. The lowest BCUT2D eigenvalue weighted by Crippen LogP contribution is -2.53. The number of allylic oxidation sites excluding steroid dienone is 5. The van der Waals surface area contributed by atoms with Crippen LogP contribution in [0.5, 0.6) is 0 Å². The van der Waals surface area contributed by atoms with Crippen LogP contribution >= 0.6 is 0 Å². The van der Waals surface area contributed by atoms with Crippen LogP contribution in [0.4, 0.5) is 0 Å². The Kier molecular flexibility index (Phi) is 2.77. The Morgan fingerprint density at radius 1 is 1.18 bits per heavy atom. The Morgan fingerprint density at radius 3 is 2.73 bits per heavy atom. The van der Waals surface area contributed by atoms with Crippen LogP contribution in [0.15, 0.2) is 36.0 Å². The summed E-state index contributed by atoms with van der Waals surface area (Å²) in [4.78, 5) is 11.8. The molecule has 0 heterocycles. The van der Waals surface area contributed by atoms with Crippen LogP contribution in [-0.2, 0) is 4.79 Å². The monoisotopic (exact) mass is 298 g/mol. The molecule has 2 nitrogen and oxygen atoms in total. The molecule has 4 aliphatic carbocycles. The molecule has 2 heteroatoms. The second-order valence-corrected chi connectivity index (χ2v) is 8.51. The molecule has 0 radical (unpaired) electrons. The third kappa shape index (κ3) is 1.62. The zero-order valence-corrected chi connectivity index (χ0v) is 13.8. The summed E-state index contributed by atoms with van der Waals surface area (Å²) in [5, 5.41) is 10.8. The maximum Gasteiger partial charge on any atom is 0.156 e. The van der Waals surface area contributed by atoms with Gasteiger partial charge in [0, 0.05) is 11.8 Å². The summed E-state index contributed by atoms with van der Waals surface area (Å²) >= 11 is 0. The van der Waals surface area contributed by atoms with Crippen molar-refractivity contribution in [3.05, 3.63) is 36.0 Å². The zero-order chi connectivity index (χ0) is 15.8. The third-order valence-electron chi connectivity index (χ3n) is 7.56. The Morgan fingerprint density at radius 2 is 1.95 bits per heavy atom. The van der Waals surface area contributed by atoms with Crippen molar-refractivity contribution in [1.29, 1.82) is 0 Å². The van der Waals surface area contributed by atoms with Crippen LogP contribution in [0.2, 0.25) is 0 Å². The Labute approximate surface area is 133 Å². The molecular weight excluding hydrogens is 272 g/mol. The normalized spacial score (nSPS) is 52.8. The lowest BCUT2D eigenvalue weighted by molar-refractivity contribution is -0.117. The number of aliphatic hydroxyl groups is 1. The first kappa shape index (κ1) is 14.4. The fourth-order valence-corrected chi connectivity index (χ4v) is 5.69. The van der Waals surface area contributed by atoms with Gasteiger partial charge in [0.15, 0.2) is 5.78 Å². The molecular formula is C20H26O2. The van der Waals surface area contributed by atoms with Crippen LogP contribution in [0.25, 0.3) is 0 Å². The molecule has 118 valence electrons. The first-order valence-electron chi connectivity index (χ1n) is 8.63. The van der Waals surface area contributed by atoms with E-state index in [-0.39, 0.29) is 16.6 Å². The predicted molar refractivity (Wildman–Crippen MR) is 87.1 cm³/mol. The van der Waals surface area contributed by atoms with E-state index in [1.54, 1.807) is 0 Å². The van der Waals surface area contributed by atoms with Crippen LogP contribution in [0.1, 0.15) is 46.5 Å². The lowest BCUT2D eigenvalue weighted by Gasteiger charge is -2.56. The summed E-state index contributed by atoms with van der Waals surface area (Å²) in [7, 11) is 0. The van der Waals surface area contributed by atoms with E-state index in [9.17, 15) is 9.90 Å². The molecule has 0 aromatic carbocycles. The van der Waals surface area contributed by atoms with Crippen molar-refractivity contribution in [1.82, 2.24) is 0 Å². The Hall–Kier alpha value is -1.15. The van der Waals surface area contributed by atoms with E-state index in [0.29, 0.717) is 24.2 Å². The highest BCUT2D eigenvalue weighted by Crippen LogP contribution is 2.63. The molecule has 4 aliphatic rings. The van der Waals surface area contributed by atoms with Gasteiger partial charge in [-0.25, -0.2) is 0 Å². The third-order valence-corrected chi connectivity index (χ3v) is 7.56. The SMILES string of the molecule is C[C@]12CCC(=O)C=C1C=C[C@@H]1[C@@H]2CC[C@@]2(C)[C@H]1C=C[C@]2(C)O. The Balaban J connectivity index is 1.77. The summed E-state index contributed by atoms with van der Waals surface area (Å²) in [6, 6.07) is 0. The average molecular weight is 298 g/mol. The van der Waals surface area contributed by atoms with Crippen LogP contribution in [0.3, 0.4) is 0 Å². The van der Waals surface area contributed by atoms with E-state index >= 15 is 0 Å². The van der Waals surface area contributed by atoms with Crippen molar-refractivity contribution in [2.45, 2.75) is 52.1 Å². The van der Waals surface area contributed by atoms with Crippen molar-refractivity contribution >= 4 is 5.78 Å². The summed E-state index contributed by atoms with van der Waals surface area (Å²) < 4.78 is 0. The first-order chi connectivity index (χ1) is 10.3. The van der Waals surface area contributed by atoms with Crippen molar-refractivity contribution < 1.29 is 9.90 Å². The number of fused-ring (bicyclic) bond motifs is 5. The molecule has 22 heavy (non-hydrogen) atoms. The van der Waals surface area contributed by atoms with Gasteiger partial charge >= 0.3 is 0 Å². The maximum absolute atomic E-state index is 11.8. The minimum absolute atomic E-state index is 0.0550. The topological polar surface area (TPSA) is 37.3 Å². The molecule has 0 aromatic rings.